The van der Waals surface area contributed by atoms with Gasteiger partial charge in [0.25, 0.3) is 5.91 Å². The Hall–Kier alpha value is -2.09. The maximum atomic E-state index is 13.3. The number of ether oxygens (including phenoxy) is 1. The van der Waals surface area contributed by atoms with Crippen molar-refractivity contribution in [3.8, 4) is 0 Å². The Labute approximate surface area is 172 Å². The van der Waals surface area contributed by atoms with Crippen LogP contribution in [0.3, 0.4) is 0 Å². The standard InChI is InChI=1S/C20H20ClN3O3S/c1-23-11-6-7-12(23)9-13(8-11)27-20(26)24-16-5-3-2-4-15(16)22-19(25)14-10-28-18(21)17(14)24/h2-5,10-13H,6-9H2,1H3,(H,22,25). The second-order valence-electron chi connectivity index (χ2n) is 7.61. The number of halogens is 1. The Balaban J connectivity index is 1.50. The molecule has 1 N–H and O–H groups in total. The molecule has 3 aliphatic heterocycles. The molecule has 2 bridgehead atoms. The first-order valence-corrected chi connectivity index (χ1v) is 10.7. The zero-order valence-corrected chi connectivity index (χ0v) is 16.9. The molecule has 8 heteroatoms. The van der Waals surface area contributed by atoms with Gasteiger partial charge in [-0.15, -0.1) is 11.3 Å². The highest BCUT2D eigenvalue weighted by Gasteiger charge is 2.41. The summed E-state index contributed by atoms with van der Waals surface area (Å²) in [6, 6.07) is 8.14. The van der Waals surface area contributed by atoms with Gasteiger partial charge in [-0.1, -0.05) is 23.7 Å². The maximum absolute atomic E-state index is 13.3. The van der Waals surface area contributed by atoms with Gasteiger partial charge in [0, 0.05) is 30.3 Å². The first-order valence-electron chi connectivity index (χ1n) is 9.43. The molecule has 2 unspecified atom stereocenters. The van der Waals surface area contributed by atoms with Crippen molar-refractivity contribution in [3.63, 3.8) is 0 Å². The number of benzene rings is 1. The number of fused-ring (bicyclic) bond motifs is 4. The minimum atomic E-state index is -0.487. The van der Waals surface area contributed by atoms with Gasteiger partial charge < -0.3 is 15.0 Å². The highest BCUT2D eigenvalue weighted by molar-refractivity contribution is 7.15. The molecular formula is C20H20ClN3O3S. The molecule has 0 spiro atoms. The van der Waals surface area contributed by atoms with Gasteiger partial charge in [-0.25, -0.2) is 9.69 Å². The van der Waals surface area contributed by atoms with Gasteiger partial charge in [0.2, 0.25) is 0 Å². The fourth-order valence-corrected chi connectivity index (χ4v) is 5.70. The Kier molecular flexibility index (Phi) is 4.34. The van der Waals surface area contributed by atoms with Crippen LogP contribution >= 0.6 is 22.9 Å². The van der Waals surface area contributed by atoms with Crippen molar-refractivity contribution in [2.24, 2.45) is 0 Å². The molecule has 1 aromatic carbocycles. The molecule has 28 heavy (non-hydrogen) atoms. The van der Waals surface area contributed by atoms with Crippen molar-refractivity contribution >= 4 is 52.0 Å². The van der Waals surface area contributed by atoms with Crippen LogP contribution in [0.25, 0.3) is 0 Å². The SMILES string of the molecule is CN1C2CCC1CC(OC(=O)N1c3ccccc3NC(=O)c3csc(Cl)c31)C2. The van der Waals surface area contributed by atoms with Crippen molar-refractivity contribution in [2.75, 3.05) is 17.3 Å². The molecule has 2 fully saturated rings. The fraction of sp³-hybridized carbons (Fsp3) is 0.400. The summed E-state index contributed by atoms with van der Waals surface area (Å²) in [7, 11) is 2.15. The molecule has 2 aromatic rings. The van der Waals surface area contributed by atoms with E-state index in [4.69, 9.17) is 16.3 Å². The molecular weight excluding hydrogens is 398 g/mol. The fourth-order valence-electron chi connectivity index (χ4n) is 4.62. The molecule has 6 nitrogen and oxygen atoms in total. The van der Waals surface area contributed by atoms with Crippen LogP contribution < -0.4 is 10.2 Å². The van der Waals surface area contributed by atoms with Crippen LogP contribution in [0.4, 0.5) is 21.9 Å². The zero-order valence-electron chi connectivity index (χ0n) is 15.4. The van der Waals surface area contributed by atoms with E-state index in [1.54, 1.807) is 17.5 Å². The number of thiophene rings is 1. The smallest absolute Gasteiger partial charge is 0.419 e. The number of piperidine rings is 1. The predicted molar refractivity (Wildman–Crippen MR) is 110 cm³/mol. The van der Waals surface area contributed by atoms with E-state index >= 15 is 0 Å². The van der Waals surface area contributed by atoms with Gasteiger partial charge in [0.1, 0.15) is 10.4 Å². The van der Waals surface area contributed by atoms with E-state index in [0.29, 0.717) is 39.0 Å². The normalized spacial score (nSPS) is 26.3. The first-order chi connectivity index (χ1) is 13.5. The average Bonchev–Trinajstić information content (AvgIpc) is 3.07. The lowest BCUT2D eigenvalue weighted by molar-refractivity contribution is 0.0327. The summed E-state index contributed by atoms with van der Waals surface area (Å²) in [5.74, 6) is -0.279. The van der Waals surface area contributed by atoms with Crippen LogP contribution in [0, 0.1) is 0 Å². The third-order valence-corrected chi connectivity index (χ3v) is 7.29. The summed E-state index contributed by atoms with van der Waals surface area (Å²) in [5.41, 5.74) is 1.91. The average molecular weight is 418 g/mol. The topological polar surface area (TPSA) is 61.9 Å². The maximum Gasteiger partial charge on any atom is 0.419 e. The Morgan fingerprint density at radius 3 is 2.71 bits per heavy atom. The van der Waals surface area contributed by atoms with Crippen LogP contribution in [-0.4, -0.2) is 42.1 Å². The third kappa shape index (κ3) is 2.80. The van der Waals surface area contributed by atoms with Gasteiger partial charge in [-0.3, -0.25) is 4.79 Å². The zero-order chi connectivity index (χ0) is 19.4. The summed E-state index contributed by atoms with van der Waals surface area (Å²) in [4.78, 5) is 29.8. The minimum absolute atomic E-state index is 0.124. The van der Waals surface area contributed by atoms with Gasteiger partial charge in [-0.05, 0) is 32.0 Å². The van der Waals surface area contributed by atoms with E-state index in [0.717, 1.165) is 25.7 Å². The molecule has 5 rings (SSSR count). The van der Waals surface area contributed by atoms with Gasteiger partial charge in [0.15, 0.2) is 0 Å². The number of anilines is 3. The summed E-state index contributed by atoms with van der Waals surface area (Å²) >= 11 is 7.64. The number of carbonyl (C=O) groups excluding carboxylic acids is 2. The lowest BCUT2D eigenvalue weighted by atomic mass is 10.0. The number of hydrogen-bond acceptors (Lipinski definition) is 5. The van der Waals surface area contributed by atoms with Crippen LogP contribution in [0.2, 0.25) is 4.34 Å². The largest absolute Gasteiger partial charge is 0.445 e. The highest BCUT2D eigenvalue weighted by Crippen LogP contribution is 2.45. The third-order valence-electron chi connectivity index (χ3n) is 6.09. The van der Waals surface area contributed by atoms with Gasteiger partial charge in [0.05, 0.1) is 22.6 Å². The summed E-state index contributed by atoms with van der Waals surface area (Å²) in [6.07, 6.45) is 3.38. The Bertz CT molecular complexity index is 948. The monoisotopic (exact) mass is 417 g/mol. The molecule has 4 heterocycles. The Morgan fingerprint density at radius 1 is 1.25 bits per heavy atom. The number of nitrogens with zero attached hydrogens (tertiary/aromatic N) is 2. The second-order valence-corrected chi connectivity index (χ2v) is 9.09. The lowest BCUT2D eigenvalue weighted by Crippen LogP contribution is -2.44. The minimum Gasteiger partial charge on any atom is -0.445 e. The number of para-hydroxylation sites is 2. The molecule has 0 aliphatic carbocycles. The molecule has 0 saturated carbocycles. The summed E-state index contributed by atoms with van der Waals surface area (Å²) in [5, 5.41) is 4.54. The molecule has 2 atom stereocenters. The summed E-state index contributed by atoms with van der Waals surface area (Å²) < 4.78 is 6.35. The van der Waals surface area contributed by atoms with Crippen molar-refractivity contribution in [2.45, 2.75) is 43.9 Å². The van der Waals surface area contributed by atoms with Gasteiger partial charge in [-0.2, -0.15) is 0 Å². The van der Waals surface area contributed by atoms with E-state index in [9.17, 15) is 9.59 Å². The van der Waals surface area contributed by atoms with E-state index in [-0.39, 0.29) is 12.0 Å². The van der Waals surface area contributed by atoms with Crippen molar-refractivity contribution in [1.29, 1.82) is 0 Å². The second kappa shape index (κ2) is 6.76. The van der Waals surface area contributed by atoms with Crippen LogP contribution in [-0.2, 0) is 4.74 Å². The first kappa shape index (κ1) is 18.0. The quantitative estimate of drug-likeness (QED) is 0.719. The molecule has 1 aromatic heterocycles. The number of amides is 2. The number of rotatable bonds is 1. The van der Waals surface area contributed by atoms with E-state index in [1.807, 2.05) is 12.1 Å². The highest BCUT2D eigenvalue weighted by atomic mass is 35.5. The number of hydrogen-bond donors (Lipinski definition) is 1. The summed E-state index contributed by atoms with van der Waals surface area (Å²) in [6.45, 7) is 0. The Morgan fingerprint density at radius 2 is 1.96 bits per heavy atom. The van der Waals surface area contributed by atoms with Crippen molar-refractivity contribution in [1.82, 2.24) is 4.90 Å². The molecule has 2 saturated heterocycles. The molecule has 146 valence electrons. The van der Waals surface area contributed by atoms with E-state index in [2.05, 4.69) is 17.3 Å². The van der Waals surface area contributed by atoms with E-state index < -0.39 is 6.09 Å². The van der Waals surface area contributed by atoms with Crippen LogP contribution in [0.5, 0.6) is 0 Å². The number of nitrogens with one attached hydrogen (secondary N) is 1. The van der Waals surface area contributed by atoms with Gasteiger partial charge >= 0.3 is 6.09 Å². The predicted octanol–water partition coefficient (Wildman–Crippen LogP) is 4.87. The van der Waals surface area contributed by atoms with Crippen LogP contribution in [0.1, 0.15) is 36.0 Å². The van der Waals surface area contributed by atoms with Crippen molar-refractivity contribution in [3.05, 3.63) is 39.5 Å². The molecule has 3 aliphatic rings. The lowest BCUT2D eigenvalue weighted by Gasteiger charge is -2.36. The van der Waals surface area contributed by atoms with Crippen LogP contribution in [0.15, 0.2) is 29.6 Å². The molecule has 0 radical (unpaired) electrons. The molecule has 2 amide bonds. The number of carbonyl (C=O) groups is 2. The van der Waals surface area contributed by atoms with E-state index in [1.165, 1.54) is 16.2 Å². The van der Waals surface area contributed by atoms with Crippen molar-refractivity contribution < 1.29 is 14.3 Å².